The number of hydrogen-bond donors (Lipinski definition) is 0. The molecule has 158 valence electrons. The number of para-hydroxylation sites is 1. The highest BCUT2D eigenvalue weighted by molar-refractivity contribution is 6.22. The summed E-state index contributed by atoms with van der Waals surface area (Å²) in [6, 6.07) is 12.5. The molecule has 2 amide bonds. The lowest BCUT2D eigenvalue weighted by atomic mass is 10.1. The number of carbonyl (C=O) groups is 3. The van der Waals surface area contributed by atoms with Gasteiger partial charge in [-0.1, -0.05) is 29.4 Å². The zero-order valence-corrected chi connectivity index (χ0v) is 16.9. The standard InChI is InChI=1S/C22H19N3O6/c1-3-29-17-11-7-6-10-16(17)19-23-18(31-24-19)12-30-22(28)13(2)25-20(26)14-8-4-5-9-15(14)21(25)27/h4-11,13H,3,12H2,1-2H3. The molecule has 0 aliphatic carbocycles. The summed E-state index contributed by atoms with van der Waals surface area (Å²) < 4.78 is 15.9. The monoisotopic (exact) mass is 421 g/mol. The summed E-state index contributed by atoms with van der Waals surface area (Å²) >= 11 is 0. The lowest BCUT2D eigenvalue weighted by molar-refractivity contribution is -0.149. The van der Waals surface area contributed by atoms with Gasteiger partial charge in [-0.05, 0) is 38.1 Å². The van der Waals surface area contributed by atoms with Crippen LogP contribution in [0.5, 0.6) is 5.75 Å². The summed E-state index contributed by atoms with van der Waals surface area (Å²) in [6.45, 7) is 3.49. The van der Waals surface area contributed by atoms with E-state index in [1.165, 1.54) is 6.92 Å². The molecule has 1 aromatic heterocycles. The Morgan fingerprint density at radius 3 is 2.29 bits per heavy atom. The maximum atomic E-state index is 12.5. The van der Waals surface area contributed by atoms with E-state index in [-0.39, 0.29) is 23.6 Å². The van der Waals surface area contributed by atoms with Crippen molar-refractivity contribution >= 4 is 17.8 Å². The molecule has 0 spiro atoms. The molecule has 0 saturated carbocycles. The molecule has 4 rings (SSSR count). The number of hydrogen-bond acceptors (Lipinski definition) is 8. The van der Waals surface area contributed by atoms with Crippen molar-refractivity contribution in [2.45, 2.75) is 26.5 Å². The van der Waals surface area contributed by atoms with Gasteiger partial charge in [0.15, 0.2) is 6.61 Å². The Kier molecular flexibility index (Phi) is 5.48. The van der Waals surface area contributed by atoms with Gasteiger partial charge in [-0.25, -0.2) is 4.79 Å². The highest BCUT2D eigenvalue weighted by atomic mass is 16.6. The number of nitrogens with zero attached hydrogens (tertiary/aromatic N) is 3. The van der Waals surface area contributed by atoms with Gasteiger partial charge >= 0.3 is 5.97 Å². The van der Waals surface area contributed by atoms with Crippen LogP contribution in [0.2, 0.25) is 0 Å². The Morgan fingerprint density at radius 1 is 1.03 bits per heavy atom. The first-order valence-electron chi connectivity index (χ1n) is 9.69. The van der Waals surface area contributed by atoms with E-state index in [0.29, 0.717) is 23.7 Å². The second kappa shape index (κ2) is 8.39. The minimum absolute atomic E-state index is 0.0733. The van der Waals surface area contributed by atoms with Crippen LogP contribution in [0, 0.1) is 0 Å². The molecule has 0 radical (unpaired) electrons. The number of ether oxygens (including phenoxy) is 2. The third-order valence-electron chi connectivity index (χ3n) is 4.79. The topological polar surface area (TPSA) is 112 Å². The van der Waals surface area contributed by atoms with E-state index < -0.39 is 23.8 Å². The van der Waals surface area contributed by atoms with Gasteiger partial charge in [-0.15, -0.1) is 0 Å². The summed E-state index contributed by atoms with van der Waals surface area (Å²) in [6.07, 6.45) is 0. The second-order valence-electron chi connectivity index (χ2n) is 6.75. The average molecular weight is 421 g/mol. The van der Waals surface area contributed by atoms with E-state index in [1.807, 2.05) is 19.1 Å². The first-order valence-corrected chi connectivity index (χ1v) is 9.69. The van der Waals surface area contributed by atoms with E-state index in [2.05, 4.69) is 10.1 Å². The number of benzene rings is 2. The Hall–Kier alpha value is -4.01. The van der Waals surface area contributed by atoms with Gasteiger partial charge in [0.2, 0.25) is 5.82 Å². The van der Waals surface area contributed by atoms with Crippen LogP contribution in [0.15, 0.2) is 53.1 Å². The Balaban J connectivity index is 1.42. The number of aromatic nitrogens is 2. The van der Waals surface area contributed by atoms with Crippen LogP contribution in [0.4, 0.5) is 0 Å². The molecule has 3 aromatic rings. The van der Waals surface area contributed by atoms with Crippen LogP contribution in [-0.2, 0) is 16.1 Å². The van der Waals surface area contributed by atoms with Crippen LogP contribution in [0.25, 0.3) is 11.4 Å². The van der Waals surface area contributed by atoms with E-state index >= 15 is 0 Å². The van der Waals surface area contributed by atoms with Crippen LogP contribution in [0.1, 0.15) is 40.5 Å². The number of amides is 2. The molecule has 0 bridgehead atoms. The summed E-state index contributed by atoms with van der Waals surface area (Å²) in [4.78, 5) is 42.6. The van der Waals surface area contributed by atoms with E-state index in [0.717, 1.165) is 4.90 Å². The molecule has 9 heteroatoms. The van der Waals surface area contributed by atoms with Crippen LogP contribution in [-0.4, -0.2) is 45.5 Å². The third-order valence-corrected chi connectivity index (χ3v) is 4.79. The van der Waals surface area contributed by atoms with Crippen molar-refractivity contribution in [1.29, 1.82) is 0 Å². The van der Waals surface area contributed by atoms with Crippen LogP contribution < -0.4 is 4.74 Å². The van der Waals surface area contributed by atoms with Crippen molar-refractivity contribution in [2.24, 2.45) is 0 Å². The van der Waals surface area contributed by atoms with Crippen molar-refractivity contribution in [3.8, 4) is 17.1 Å². The number of fused-ring (bicyclic) bond motifs is 1. The zero-order valence-electron chi connectivity index (χ0n) is 16.9. The fraction of sp³-hybridized carbons (Fsp3) is 0.227. The van der Waals surface area contributed by atoms with Gasteiger partial charge in [0.25, 0.3) is 17.7 Å². The van der Waals surface area contributed by atoms with Crippen molar-refractivity contribution in [1.82, 2.24) is 15.0 Å². The molecule has 0 N–H and O–H groups in total. The fourth-order valence-corrected chi connectivity index (χ4v) is 3.27. The van der Waals surface area contributed by atoms with Gasteiger partial charge in [0.05, 0.1) is 23.3 Å². The number of rotatable bonds is 7. The molecule has 9 nitrogen and oxygen atoms in total. The predicted octanol–water partition coefficient (Wildman–Crippen LogP) is 2.86. The SMILES string of the molecule is CCOc1ccccc1-c1noc(COC(=O)C(C)N2C(=O)c3ccccc3C2=O)n1. The van der Waals surface area contributed by atoms with E-state index in [1.54, 1.807) is 36.4 Å². The van der Waals surface area contributed by atoms with E-state index in [4.69, 9.17) is 14.0 Å². The second-order valence-corrected chi connectivity index (χ2v) is 6.75. The van der Waals surface area contributed by atoms with E-state index in [9.17, 15) is 14.4 Å². The Morgan fingerprint density at radius 2 is 1.65 bits per heavy atom. The minimum atomic E-state index is -1.10. The van der Waals surface area contributed by atoms with Crippen LogP contribution >= 0.6 is 0 Å². The lowest BCUT2D eigenvalue weighted by Crippen LogP contribution is -2.43. The molecule has 31 heavy (non-hydrogen) atoms. The molecular formula is C22H19N3O6. The third kappa shape index (κ3) is 3.77. The smallest absolute Gasteiger partial charge is 0.329 e. The van der Waals surface area contributed by atoms with Gasteiger partial charge in [-0.3, -0.25) is 14.5 Å². The highest BCUT2D eigenvalue weighted by Crippen LogP contribution is 2.28. The van der Waals surface area contributed by atoms with Crippen LogP contribution in [0.3, 0.4) is 0 Å². The normalized spacial score (nSPS) is 13.8. The Labute approximate surface area is 177 Å². The first-order chi connectivity index (χ1) is 15.0. The predicted molar refractivity (Wildman–Crippen MR) is 107 cm³/mol. The molecule has 1 aliphatic heterocycles. The Bertz CT molecular complexity index is 1120. The van der Waals surface area contributed by atoms with Crippen molar-refractivity contribution in [3.63, 3.8) is 0 Å². The summed E-state index contributed by atoms with van der Waals surface area (Å²) in [5.41, 5.74) is 1.17. The van der Waals surface area contributed by atoms with Gasteiger partial charge in [0, 0.05) is 0 Å². The molecule has 2 aromatic carbocycles. The molecule has 2 heterocycles. The van der Waals surface area contributed by atoms with Gasteiger partial charge < -0.3 is 14.0 Å². The molecule has 1 atom stereocenters. The molecule has 0 saturated heterocycles. The number of esters is 1. The molecule has 1 aliphatic rings. The van der Waals surface area contributed by atoms with Gasteiger partial charge in [-0.2, -0.15) is 4.98 Å². The number of carbonyl (C=O) groups excluding carboxylic acids is 3. The quantitative estimate of drug-likeness (QED) is 0.423. The van der Waals surface area contributed by atoms with Crippen molar-refractivity contribution in [2.75, 3.05) is 6.61 Å². The van der Waals surface area contributed by atoms with Crippen molar-refractivity contribution < 1.29 is 28.4 Å². The van der Waals surface area contributed by atoms with Crippen molar-refractivity contribution in [3.05, 3.63) is 65.5 Å². The maximum absolute atomic E-state index is 12.5. The first kappa shape index (κ1) is 20.3. The molecule has 1 unspecified atom stereocenters. The largest absolute Gasteiger partial charge is 0.493 e. The number of imide groups is 1. The fourth-order valence-electron chi connectivity index (χ4n) is 3.27. The minimum Gasteiger partial charge on any atom is -0.493 e. The average Bonchev–Trinajstić information content (AvgIpc) is 3.35. The zero-order chi connectivity index (χ0) is 22.0. The highest BCUT2D eigenvalue weighted by Gasteiger charge is 2.41. The summed E-state index contributed by atoms with van der Waals surface area (Å²) in [5.74, 6) is -0.847. The molecular weight excluding hydrogens is 402 g/mol. The summed E-state index contributed by atoms with van der Waals surface area (Å²) in [7, 11) is 0. The molecule has 0 fully saturated rings. The van der Waals surface area contributed by atoms with Gasteiger partial charge in [0.1, 0.15) is 11.8 Å². The summed E-state index contributed by atoms with van der Waals surface area (Å²) in [5, 5.41) is 3.90. The lowest BCUT2D eigenvalue weighted by Gasteiger charge is -2.20. The maximum Gasteiger partial charge on any atom is 0.329 e.